The molecule has 2 aromatic rings. The Labute approximate surface area is 102 Å². The van der Waals surface area contributed by atoms with E-state index in [-0.39, 0.29) is 5.88 Å². The smallest absolute Gasteiger partial charge is 0.498 e. The molecule has 0 amide bonds. The molecule has 0 aliphatic carbocycles. The van der Waals surface area contributed by atoms with Crippen molar-refractivity contribution >= 4 is 43.1 Å². The van der Waals surface area contributed by atoms with Crippen LogP contribution in [-0.2, 0) is 0 Å². The second-order valence-electron chi connectivity index (χ2n) is 3.12. The van der Waals surface area contributed by atoms with Crippen LogP contribution in [0.5, 0.6) is 5.88 Å². The number of fused-ring (bicyclic) bond motifs is 1. The third-order valence-electron chi connectivity index (χ3n) is 2.07. The largest absolute Gasteiger partial charge is 0.708 e. The van der Waals surface area contributed by atoms with Gasteiger partial charge in [-0.2, -0.15) is 0 Å². The highest BCUT2D eigenvalue weighted by Gasteiger charge is 2.15. The molecule has 0 unspecified atom stereocenters. The SMILES string of the molecule is OB(O)Oc1[nH]c2ccccc2c(=S)c1S. The Morgan fingerprint density at radius 1 is 1.31 bits per heavy atom. The maximum Gasteiger partial charge on any atom is 0.708 e. The second kappa shape index (κ2) is 4.46. The van der Waals surface area contributed by atoms with Gasteiger partial charge < -0.3 is 19.7 Å². The van der Waals surface area contributed by atoms with Crippen LogP contribution in [0.15, 0.2) is 29.2 Å². The number of pyridine rings is 1. The molecule has 0 saturated heterocycles. The first kappa shape index (κ1) is 11.5. The van der Waals surface area contributed by atoms with Gasteiger partial charge in [0.2, 0.25) is 0 Å². The maximum absolute atomic E-state index is 8.74. The van der Waals surface area contributed by atoms with Crippen LogP contribution in [-0.4, -0.2) is 22.4 Å². The lowest BCUT2D eigenvalue weighted by atomic mass is 10.2. The molecule has 0 radical (unpaired) electrons. The molecule has 16 heavy (non-hydrogen) atoms. The molecule has 0 atom stereocenters. The molecule has 2 rings (SSSR count). The minimum absolute atomic E-state index is 0.141. The van der Waals surface area contributed by atoms with E-state index in [1.54, 1.807) is 0 Å². The molecule has 0 bridgehead atoms. The van der Waals surface area contributed by atoms with Gasteiger partial charge in [-0.05, 0) is 6.07 Å². The highest BCUT2D eigenvalue weighted by Crippen LogP contribution is 2.27. The molecule has 0 fully saturated rings. The molecule has 0 aliphatic rings. The summed E-state index contributed by atoms with van der Waals surface area (Å²) in [5.41, 5.74) is 0.751. The summed E-state index contributed by atoms with van der Waals surface area (Å²) < 4.78 is 5.25. The van der Waals surface area contributed by atoms with Gasteiger partial charge in [-0.15, -0.1) is 12.6 Å². The zero-order valence-electron chi connectivity index (χ0n) is 8.04. The monoisotopic (exact) mass is 253 g/mol. The van der Waals surface area contributed by atoms with Crippen LogP contribution in [0.2, 0.25) is 0 Å². The van der Waals surface area contributed by atoms with Gasteiger partial charge in [0.25, 0.3) is 0 Å². The summed E-state index contributed by atoms with van der Waals surface area (Å²) in [6.45, 7) is 0. The predicted octanol–water partition coefficient (Wildman–Crippen LogP) is 1.53. The van der Waals surface area contributed by atoms with Gasteiger partial charge >= 0.3 is 7.32 Å². The van der Waals surface area contributed by atoms with Gasteiger partial charge in [0.05, 0.1) is 9.41 Å². The number of hydrogen-bond donors (Lipinski definition) is 4. The van der Waals surface area contributed by atoms with Crippen molar-refractivity contribution in [2.75, 3.05) is 0 Å². The lowest BCUT2D eigenvalue weighted by Crippen LogP contribution is -2.21. The quantitative estimate of drug-likeness (QED) is 0.372. The van der Waals surface area contributed by atoms with Crippen molar-refractivity contribution in [3.05, 3.63) is 28.8 Å². The molecule has 3 N–H and O–H groups in total. The third-order valence-corrected chi connectivity index (χ3v) is 3.08. The number of H-pyrrole nitrogens is 1. The van der Waals surface area contributed by atoms with E-state index in [0.717, 1.165) is 10.9 Å². The Balaban J connectivity index is 2.69. The minimum atomic E-state index is -1.90. The van der Waals surface area contributed by atoms with Crippen LogP contribution in [0.1, 0.15) is 0 Å². The topological polar surface area (TPSA) is 65.5 Å². The molecule has 0 spiro atoms. The Bertz CT molecular complexity index is 584. The fraction of sp³-hybridized carbons (Fsp3) is 0. The summed E-state index contributed by atoms with van der Waals surface area (Å²) in [6, 6.07) is 7.37. The van der Waals surface area contributed by atoms with Gasteiger partial charge in [-0.3, -0.25) is 0 Å². The zero-order valence-corrected chi connectivity index (χ0v) is 9.76. The third kappa shape index (κ3) is 2.07. The number of para-hydroxylation sites is 1. The lowest BCUT2D eigenvalue weighted by molar-refractivity contribution is 0.280. The molecular formula is C9H8BNO3S2. The van der Waals surface area contributed by atoms with Crippen molar-refractivity contribution in [1.29, 1.82) is 0 Å². The van der Waals surface area contributed by atoms with Gasteiger partial charge in [-0.25, -0.2) is 0 Å². The van der Waals surface area contributed by atoms with Gasteiger partial charge in [-0.1, -0.05) is 30.4 Å². The highest BCUT2D eigenvalue weighted by molar-refractivity contribution is 7.81. The molecular weight excluding hydrogens is 245 g/mol. The zero-order chi connectivity index (χ0) is 11.7. The lowest BCUT2D eigenvalue weighted by Gasteiger charge is -2.09. The number of hydrogen-bond acceptors (Lipinski definition) is 5. The van der Waals surface area contributed by atoms with E-state index in [9.17, 15) is 0 Å². The van der Waals surface area contributed by atoms with E-state index in [2.05, 4.69) is 17.6 Å². The van der Waals surface area contributed by atoms with E-state index in [4.69, 9.17) is 26.9 Å². The normalized spacial score (nSPS) is 10.4. The molecule has 1 aromatic carbocycles. The Kier molecular flexibility index (Phi) is 3.20. The van der Waals surface area contributed by atoms with Crippen molar-refractivity contribution < 1.29 is 14.7 Å². The first-order chi connectivity index (χ1) is 7.59. The molecule has 4 nitrogen and oxygen atoms in total. The molecule has 1 aromatic heterocycles. The average molecular weight is 253 g/mol. The average Bonchev–Trinajstić information content (AvgIpc) is 2.25. The first-order valence-corrected chi connectivity index (χ1v) is 5.32. The molecule has 1 heterocycles. The van der Waals surface area contributed by atoms with Crippen molar-refractivity contribution in [3.8, 4) is 5.88 Å². The van der Waals surface area contributed by atoms with Crippen LogP contribution < -0.4 is 4.65 Å². The predicted molar refractivity (Wildman–Crippen MR) is 67.2 cm³/mol. The van der Waals surface area contributed by atoms with Gasteiger partial charge in [0, 0.05) is 10.9 Å². The van der Waals surface area contributed by atoms with Crippen molar-refractivity contribution in [3.63, 3.8) is 0 Å². The van der Waals surface area contributed by atoms with Gasteiger partial charge in [0.1, 0.15) is 0 Å². The fourth-order valence-electron chi connectivity index (χ4n) is 1.39. The molecule has 0 saturated carbocycles. The Hall–Kier alpha value is -1.02. The number of benzene rings is 1. The summed E-state index contributed by atoms with van der Waals surface area (Å²) in [4.78, 5) is 3.26. The maximum atomic E-state index is 8.74. The fourth-order valence-corrected chi connectivity index (χ4v) is 1.89. The van der Waals surface area contributed by atoms with Gasteiger partial charge in [0.15, 0.2) is 5.88 Å². The van der Waals surface area contributed by atoms with Crippen LogP contribution in [0.25, 0.3) is 10.9 Å². The number of aromatic nitrogens is 1. The summed E-state index contributed by atoms with van der Waals surface area (Å²) in [5.74, 6) is 0.141. The summed E-state index contributed by atoms with van der Waals surface area (Å²) >= 11 is 9.37. The van der Waals surface area contributed by atoms with Crippen LogP contribution in [0.3, 0.4) is 0 Å². The number of aromatic amines is 1. The minimum Gasteiger partial charge on any atom is -0.498 e. The van der Waals surface area contributed by atoms with Crippen molar-refractivity contribution in [1.82, 2.24) is 4.98 Å². The summed E-state index contributed by atoms with van der Waals surface area (Å²) in [5, 5.41) is 18.3. The summed E-state index contributed by atoms with van der Waals surface area (Å²) in [6.07, 6.45) is 0. The number of rotatable bonds is 2. The van der Waals surface area contributed by atoms with Crippen molar-refractivity contribution in [2.24, 2.45) is 0 Å². The van der Waals surface area contributed by atoms with E-state index in [0.29, 0.717) is 9.41 Å². The Morgan fingerprint density at radius 3 is 2.69 bits per heavy atom. The van der Waals surface area contributed by atoms with Crippen LogP contribution >= 0.6 is 24.8 Å². The highest BCUT2D eigenvalue weighted by atomic mass is 32.1. The van der Waals surface area contributed by atoms with E-state index in [1.807, 2.05) is 24.3 Å². The second-order valence-corrected chi connectivity index (χ2v) is 3.98. The van der Waals surface area contributed by atoms with Crippen LogP contribution in [0, 0.1) is 4.51 Å². The number of thiol groups is 1. The molecule has 7 heteroatoms. The molecule has 82 valence electrons. The molecule has 0 aliphatic heterocycles. The van der Waals surface area contributed by atoms with Crippen molar-refractivity contribution in [2.45, 2.75) is 4.90 Å². The van der Waals surface area contributed by atoms with Crippen LogP contribution in [0.4, 0.5) is 0 Å². The summed E-state index contributed by atoms with van der Waals surface area (Å²) in [7, 11) is -1.90. The standard InChI is InChI=1S/C9H8BNO3S2/c12-10(13)14-9-8(16)7(15)5-3-1-2-4-6(5)11-9/h1-4,12-13,16H,(H,11,15). The first-order valence-electron chi connectivity index (χ1n) is 4.46. The Morgan fingerprint density at radius 2 is 2.00 bits per heavy atom. The number of nitrogens with one attached hydrogen (secondary N) is 1. The van der Waals surface area contributed by atoms with E-state index in [1.165, 1.54) is 0 Å². The van der Waals surface area contributed by atoms with E-state index < -0.39 is 7.32 Å². The van der Waals surface area contributed by atoms with E-state index >= 15 is 0 Å².